The molecule has 0 aromatic heterocycles. The minimum Gasteiger partial charge on any atom is -0.491 e. The molecule has 0 saturated heterocycles. The molecular formula is C22H29NO2. The van der Waals surface area contributed by atoms with Crippen LogP contribution in [0.2, 0.25) is 0 Å². The van der Waals surface area contributed by atoms with E-state index in [9.17, 15) is 5.11 Å². The lowest BCUT2D eigenvalue weighted by Gasteiger charge is -2.30. The Bertz CT molecular complexity index is 711. The Morgan fingerprint density at radius 1 is 1.12 bits per heavy atom. The summed E-state index contributed by atoms with van der Waals surface area (Å²) >= 11 is 0. The molecule has 0 bridgehead atoms. The van der Waals surface area contributed by atoms with Crippen molar-refractivity contribution in [1.29, 1.82) is 0 Å². The minimum atomic E-state index is -0.481. The zero-order valence-electron chi connectivity index (χ0n) is 15.5. The zero-order valence-corrected chi connectivity index (χ0v) is 15.5. The Labute approximate surface area is 151 Å². The van der Waals surface area contributed by atoms with Crippen LogP contribution in [0.3, 0.4) is 0 Å². The van der Waals surface area contributed by atoms with Crippen LogP contribution in [0.25, 0.3) is 0 Å². The van der Waals surface area contributed by atoms with Gasteiger partial charge in [0.05, 0.1) is 0 Å². The smallest absolute Gasteiger partial charge is 0.123 e. The van der Waals surface area contributed by atoms with Crippen LogP contribution < -0.4 is 4.74 Å². The topological polar surface area (TPSA) is 32.7 Å². The standard InChI is InChI=1S/C22H29NO2/c1-16(2)21-9-8-17(3)12-22(21)25-15-20(24)14-23-11-10-18-6-4-5-7-19(18)13-23/h4-9,12,16,20,24H,10-11,13-15H2,1-3H3/t20-/m0/s1. The number of aliphatic hydroxyl groups is 1. The van der Waals surface area contributed by atoms with Crippen molar-refractivity contribution in [1.82, 2.24) is 4.90 Å². The van der Waals surface area contributed by atoms with Crippen molar-refractivity contribution >= 4 is 0 Å². The molecule has 1 atom stereocenters. The molecule has 1 heterocycles. The van der Waals surface area contributed by atoms with Gasteiger partial charge in [0.1, 0.15) is 18.5 Å². The van der Waals surface area contributed by atoms with Crippen molar-refractivity contribution in [2.24, 2.45) is 0 Å². The molecule has 1 aliphatic heterocycles. The van der Waals surface area contributed by atoms with Crippen LogP contribution in [-0.2, 0) is 13.0 Å². The second-order valence-electron chi connectivity index (χ2n) is 7.41. The molecule has 0 radical (unpaired) electrons. The van der Waals surface area contributed by atoms with Gasteiger partial charge < -0.3 is 9.84 Å². The third-order valence-electron chi connectivity index (χ3n) is 4.90. The number of aryl methyl sites for hydroxylation is 1. The summed E-state index contributed by atoms with van der Waals surface area (Å²) in [5, 5.41) is 10.4. The third kappa shape index (κ3) is 4.62. The van der Waals surface area contributed by atoms with Gasteiger partial charge in [-0.25, -0.2) is 0 Å². The van der Waals surface area contributed by atoms with E-state index >= 15 is 0 Å². The molecule has 3 heteroatoms. The molecule has 2 aromatic rings. The number of fused-ring (bicyclic) bond motifs is 1. The summed E-state index contributed by atoms with van der Waals surface area (Å²) in [7, 11) is 0. The molecule has 25 heavy (non-hydrogen) atoms. The van der Waals surface area contributed by atoms with Crippen LogP contribution in [0.15, 0.2) is 42.5 Å². The number of hydrogen-bond donors (Lipinski definition) is 1. The first kappa shape index (κ1) is 18.0. The first-order valence-corrected chi connectivity index (χ1v) is 9.23. The van der Waals surface area contributed by atoms with Gasteiger partial charge in [-0.05, 0) is 47.6 Å². The number of aliphatic hydroxyl groups excluding tert-OH is 1. The average Bonchev–Trinajstić information content (AvgIpc) is 2.59. The van der Waals surface area contributed by atoms with Crippen LogP contribution in [0.4, 0.5) is 0 Å². The summed E-state index contributed by atoms with van der Waals surface area (Å²) in [5.74, 6) is 1.31. The zero-order chi connectivity index (χ0) is 17.8. The van der Waals surface area contributed by atoms with E-state index in [1.165, 1.54) is 22.3 Å². The van der Waals surface area contributed by atoms with Crippen LogP contribution in [0.5, 0.6) is 5.75 Å². The van der Waals surface area contributed by atoms with E-state index in [1.54, 1.807) is 0 Å². The normalized spacial score (nSPS) is 15.9. The molecular weight excluding hydrogens is 310 g/mol. The fourth-order valence-corrected chi connectivity index (χ4v) is 3.49. The largest absolute Gasteiger partial charge is 0.491 e. The summed E-state index contributed by atoms with van der Waals surface area (Å²) < 4.78 is 5.98. The van der Waals surface area contributed by atoms with Gasteiger partial charge in [-0.2, -0.15) is 0 Å². The average molecular weight is 339 g/mol. The van der Waals surface area contributed by atoms with Crippen LogP contribution in [0.1, 0.15) is 42.0 Å². The summed E-state index contributed by atoms with van der Waals surface area (Å²) in [6.07, 6.45) is 0.574. The van der Waals surface area contributed by atoms with Crippen molar-refractivity contribution < 1.29 is 9.84 Å². The highest BCUT2D eigenvalue weighted by atomic mass is 16.5. The van der Waals surface area contributed by atoms with Gasteiger partial charge in [-0.1, -0.05) is 50.2 Å². The van der Waals surface area contributed by atoms with E-state index in [0.717, 1.165) is 25.3 Å². The lowest BCUT2D eigenvalue weighted by Crippen LogP contribution is -2.38. The Morgan fingerprint density at radius 3 is 2.64 bits per heavy atom. The van der Waals surface area contributed by atoms with Crippen LogP contribution in [-0.4, -0.2) is 35.8 Å². The molecule has 3 rings (SSSR count). The first-order chi connectivity index (χ1) is 12.0. The number of benzene rings is 2. The molecule has 1 N–H and O–H groups in total. The van der Waals surface area contributed by atoms with Crippen molar-refractivity contribution in [3.63, 3.8) is 0 Å². The van der Waals surface area contributed by atoms with Gasteiger partial charge >= 0.3 is 0 Å². The molecule has 1 aliphatic rings. The molecule has 134 valence electrons. The van der Waals surface area contributed by atoms with E-state index in [-0.39, 0.29) is 0 Å². The number of nitrogens with zero attached hydrogens (tertiary/aromatic N) is 1. The molecule has 3 nitrogen and oxygen atoms in total. The maximum absolute atomic E-state index is 10.4. The highest BCUT2D eigenvalue weighted by Gasteiger charge is 2.19. The van der Waals surface area contributed by atoms with Gasteiger partial charge in [0.2, 0.25) is 0 Å². The highest BCUT2D eigenvalue weighted by Crippen LogP contribution is 2.27. The summed E-state index contributed by atoms with van der Waals surface area (Å²) in [6.45, 7) is 9.29. The fraction of sp³-hybridized carbons (Fsp3) is 0.455. The Balaban J connectivity index is 1.56. The van der Waals surface area contributed by atoms with E-state index in [0.29, 0.717) is 19.1 Å². The second kappa shape index (κ2) is 8.03. The molecule has 0 amide bonds. The predicted molar refractivity (Wildman–Crippen MR) is 102 cm³/mol. The lowest BCUT2D eigenvalue weighted by molar-refractivity contribution is 0.0633. The quantitative estimate of drug-likeness (QED) is 0.866. The van der Waals surface area contributed by atoms with Crippen molar-refractivity contribution in [2.75, 3.05) is 19.7 Å². The molecule has 0 spiro atoms. The predicted octanol–water partition coefficient (Wildman–Crippen LogP) is 3.92. The van der Waals surface area contributed by atoms with Gasteiger partial charge in [-0.15, -0.1) is 0 Å². The number of rotatable bonds is 6. The monoisotopic (exact) mass is 339 g/mol. The number of β-amino-alcohol motifs (C(OH)–C–C–N with tert-alkyl or cyclic N) is 1. The molecule has 0 aliphatic carbocycles. The van der Waals surface area contributed by atoms with Crippen molar-refractivity contribution in [3.05, 3.63) is 64.7 Å². The van der Waals surface area contributed by atoms with Crippen molar-refractivity contribution in [3.8, 4) is 5.75 Å². The van der Waals surface area contributed by atoms with Gasteiger partial charge in [0, 0.05) is 19.6 Å². The van der Waals surface area contributed by atoms with Crippen molar-refractivity contribution in [2.45, 2.75) is 45.8 Å². The second-order valence-corrected chi connectivity index (χ2v) is 7.41. The molecule has 0 fully saturated rings. The van der Waals surface area contributed by atoms with E-state index in [2.05, 4.69) is 68.1 Å². The Morgan fingerprint density at radius 2 is 1.88 bits per heavy atom. The van der Waals surface area contributed by atoms with Crippen LogP contribution >= 0.6 is 0 Å². The fourth-order valence-electron chi connectivity index (χ4n) is 3.49. The molecule has 0 unspecified atom stereocenters. The Kier molecular flexibility index (Phi) is 5.77. The maximum Gasteiger partial charge on any atom is 0.123 e. The summed E-state index contributed by atoms with van der Waals surface area (Å²) in [5.41, 5.74) is 5.19. The van der Waals surface area contributed by atoms with Crippen LogP contribution in [0, 0.1) is 6.92 Å². The summed E-state index contributed by atoms with van der Waals surface area (Å²) in [4.78, 5) is 2.32. The third-order valence-corrected chi connectivity index (χ3v) is 4.90. The minimum absolute atomic E-state index is 0.335. The number of ether oxygens (including phenoxy) is 1. The summed E-state index contributed by atoms with van der Waals surface area (Å²) in [6, 6.07) is 14.9. The number of hydrogen-bond acceptors (Lipinski definition) is 3. The van der Waals surface area contributed by atoms with Gasteiger partial charge in [-0.3, -0.25) is 4.90 Å². The van der Waals surface area contributed by atoms with Gasteiger partial charge in [0.15, 0.2) is 0 Å². The van der Waals surface area contributed by atoms with E-state index in [1.807, 2.05) is 0 Å². The van der Waals surface area contributed by atoms with E-state index in [4.69, 9.17) is 4.74 Å². The Hall–Kier alpha value is -1.84. The first-order valence-electron chi connectivity index (χ1n) is 9.23. The van der Waals surface area contributed by atoms with Gasteiger partial charge in [0.25, 0.3) is 0 Å². The highest BCUT2D eigenvalue weighted by molar-refractivity contribution is 5.39. The lowest BCUT2D eigenvalue weighted by atomic mass is 10.00. The van der Waals surface area contributed by atoms with E-state index < -0.39 is 6.10 Å². The SMILES string of the molecule is Cc1ccc(C(C)C)c(OC[C@@H](O)CN2CCc3ccccc3C2)c1. The molecule has 2 aromatic carbocycles. The molecule has 0 saturated carbocycles. The maximum atomic E-state index is 10.4.